The van der Waals surface area contributed by atoms with Gasteiger partial charge < -0.3 is 9.15 Å². The van der Waals surface area contributed by atoms with E-state index >= 15 is 0 Å². The SMILES string of the molecule is CC(=N)OC(=N)c1cccc(-c2ncco2)c1. The Morgan fingerprint density at radius 3 is 2.82 bits per heavy atom. The first-order chi connectivity index (χ1) is 8.16. The van der Waals surface area contributed by atoms with Crippen molar-refractivity contribution in [1.82, 2.24) is 4.98 Å². The molecule has 0 aliphatic heterocycles. The van der Waals surface area contributed by atoms with Gasteiger partial charge in [0.15, 0.2) is 5.90 Å². The van der Waals surface area contributed by atoms with Crippen LogP contribution < -0.4 is 0 Å². The maximum Gasteiger partial charge on any atom is 0.225 e. The summed E-state index contributed by atoms with van der Waals surface area (Å²) in [5.41, 5.74) is 1.34. The Balaban J connectivity index is 2.29. The number of oxazole rings is 1. The highest BCUT2D eigenvalue weighted by Crippen LogP contribution is 2.18. The highest BCUT2D eigenvalue weighted by atomic mass is 16.5. The van der Waals surface area contributed by atoms with Crippen LogP contribution in [0.25, 0.3) is 11.5 Å². The number of nitrogens with zero attached hydrogens (tertiary/aromatic N) is 1. The predicted molar refractivity (Wildman–Crippen MR) is 63.3 cm³/mol. The first kappa shape index (κ1) is 11.1. The van der Waals surface area contributed by atoms with Crippen LogP contribution in [0.2, 0.25) is 0 Å². The summed E-state index contributed by atoms with van der Waals surface area (Å²) in [5, 5.41) is 14.8. The zero-order valence-electron chi connectivity index (χ0n) is 9.23. The Hall–Kier alpha value is -2.43. The van der Waals surface area contributed by atoms with Crippen LogP contribution in [0.1, 0.15) is 12.5 Å². The fraction of sp³-hybridized carbons (Fsp3) is 0.0833. The lowest BCUT2D eigenvalue weighted by molar-refractivity contribution is 0.532. The molecule has 0 saturated heterocycles. The Kier molecular flexibility index (Phi) is 3.00. The third kappa shape index (κ3) is 2.57. The summed E-state index contributed by atoms with van der Waals surface area (Å²) in [7, 11) is 0. The molecular formula is C12H11N3O2. The third-order valence-electron chi connectivity index (χ3n) is 2.06. The molecule has 5 nitrogen and oxygen atoms in total. The lowest BCUT2D eigenvalue weighted by atomic mass is 10.1. The Morgan fingerprint density at radius 1 is 1.35 bits per heavy atom. The van der Waals surface area contributed by atoms with E-state index in [1.165, 1.54) is 13.2 Å². The molecule has 1 aromatic heterocycles. The average Bonchev–Trinajstić information content (AvgIpc) is 2.82. The summed E-state index contributed by atoms with van der Waals surface area (Å²) in [6, 6.07) is 7.08. The van der Waals surface area contributed by atoms with E-state index in [0.717, 1.165) is 5.56 Å². The molecule has 0 spiro atoms. The van der Waals surface area contributed by atoms with Crippen LogP contribution >= 0.6 is 0 Å². The van der Waals surface area contributed by atoms with Crippen LogP contribution in [0.4, 0.5) is 0 Å². The Morgan fingerprint density at radius 2 is 2.18 bits per heavy atom. The van der Waals surface area contributed by atoms with Gasteiger partial charge in [-0.25, -0.2) is 4.98 Å². The molecule has 17 heavy (non-hydrogen) atoms. The molecule has 0 bridgehead atoms. The van der Waals surface area contributed by atoms with Crippen molar-refractivity contribution < 1.29 is 9.15 Å². The monoisotopic (exact) mass is 229 g/mol. The van der Waals surface area contributed by atoms with Gasteiger partial charge in [0.1, 0.15) is 6.26 Å². The van der Waals surface area contributed by atoms with Crippen molar-refractivity contribution in [3.05, 3.63) is 42.3 Å². The van der Waals surface area contributed by atoms with Crippen molar-refractivity contribution in [3.8, 4) is 11.5 Å². The van der Waals surface area contributed by atoms with Crippen molar-refractivity contribution in [2.75, 3.05) is 0 Å². The van der Waals surface area contributed by atoms with E-state index in [2.05, 4.69) is 4.98 Å². The van der Waals surface area contributed by atoms with Crippen LogP contribution in [0, 0.1) is 10.8 Å². The van der Waals surface area contributed by atoms with Crippen LogP contribution in [-0.4, -0.2) is 16.8 Å². The fourth-order valence-electron chi connectivity index (χ4n) is 1.37. The van der Waals surface area contributed by atoms with Crippen molar-refractivity contribution in [3.63, 3.8) is 0 Å². The Labute approximate surface area is 98.1 Å². The molecule has 0 atom stereocenters. The molecule has 0 radical (unpaired) electrons. The van der Waals surface area contributed by atoms with E-state index in [1.54, 1.807) is 24.4 Å². The molecule has 2 aromatic rings. The molecular weight excluding hydrogens is 218 g/mol. The van der Waals surface area contributed by atoms with Crippen LogP contribution in [-0.2, 0) is 4.74 Å². The van der Waals surface area contributed by atoms with Gasteiger partial charge in [-0.15, -0.1) is 0 Å². The molecule has 0 fully saturated rings. The van der Waals surface area contributed by atoms with Gasteiger partial charge in [-0.05, 0) is 18.2 Å². The molecule has 1 heterocycles. The normalized spacial score (nSPS) is 9.94. The van der Waals surface area contributed by atoms with Crippen molar-refractivity contribution in [2.24, 2.45) is 0 Å². The summed E-state index contributed by atoms with van der Waals surface area (Å²) in [6.07, 6.45) is 3.05. The van der Waals surface area contributed by atoms with Crippen molar-refractivity contribution >= 4 is 11.8 Å². The molecule has 0 aliphatic carbocycles. The topological polar surface area (TPSA) is 83.0 Å². The fourth-order valence-corrected chi connectivity index (χ4v) is 1.37. The van der Waals surface area contributed by atoms with E-state index in [1.807, 2.05) is 6.07 Å². The van der Waals surface area contributed by atoms with Gasteiger partial charge in [0.25, 0.3) is 0 Å². The van der Waals surface area contributed by atoms with Crippen LogP contribution in [0.3, 0.4) is 0 Å². The molecule has 0 amide bonds. The van der Waals surface area contributed by atoms with Gasteiger partial charge in [0.05, 0.1) is 6.20 Å². The molecule has 0 aliphatic rings. The third-order valence-corrected chi connectivity index (χ3v) is 2.06. The summed E-state index contributed by atoms with van der Waals surface area (Å²) in [6.45, 7) is 1.48. The van der Waals surface area contributed by atoms with Crippen molar-refractivity contribution in [2.45, 2.75) is 6.92 Å². The molecule has 1 aromatic carbocycles. The zero-order valence-corrected chi connectivity index (χ0v) is 9.23. The maximum absolute atomic E-state index is 7.67. The maximum atomic E-state index is 7.67. The van der Waals surface area contributed by atoms with E-state index in [9.17, 15) is 0 Å². The minimum atomic E-state index is -0.0640. The minimum Gasteiger partial charge on any atom is -0.445 e. The number of aromatic nitrogens is 1. The van der Waals surface area contributed by atoms with Crippen molar-refractivity contribution in [1.29, 1.82) is 10.8 Å². The number of benzene rings is 1. The number of hydrogen-bond donors (Lipinski definition) is 2. The molecule has 0 unspecified atom stereocenters. The van der Waals surface area contributed by atoms with Crippen LogP contribution in [0.15, 0.2) is 41.1 Å². The number of rotatable bonds is 2. The highest BCUT2D eigenvalue weighted by Gasteiger charge is 2.08. The van der Waals surface area contributed by atoms with E-state index in [0.29, 0.717) is 11.5 Å². The van der Waals surface area contributed by atoms with E-state index in [-0.39, 0.29) is 11.8 Å². The molecule has 0 saturated carbocycles. The average molecular weight is 229 g/mol. The first-order valence-corrected chi connectivity index (χ1v) is 4.98. The summed E-state index contributed by atoms with van der Waals surface area (Å²) < 4.78 is 10.1. The lowest BCUT2D eigenvalue weighted by Gasteiger charge is -2.05. The second-order valence-electron chi connectivity index (χ2n) is 3.41. The first-order valence-electron chi connectivity index (χ1n) is 4.98. The number of ether oxygens (including phenoxy) is 1. The van der Waals surface area contributed by atoms with Gasteiger partial charge in [-0.3, -0.25) is 10.8 Å². The van der Waals surface area contributed by atoms with Gasteiger partial charge in [-0.2, -0.15) is 0 Å². The number of hydrogen-bond acceptors (Lipinski definition) is 5. The lowest BCUT2D eigenvalue weighted by Crippen LogP contribution is -2.08. The van der Waals surface area contributed by atoms with Gasteiger partial charge in [-0.1, -0.05) is 6.07 Å². The summed E-state index contributed by atoms with van der Waals surface area (Å²) >= 11 is 0. The predicted octanol–water partition coefficient (Wildman–Crippen LogP) is 2.68. The second kappa shape index (κ2) is 4.61. The van der Waals surface area contributed by atoms with Gasteiger partial charge in [0.2, 0.25) is 11.8 Å². The second-order valence-corrected chi connectivity index (χ2v) is 3.41. The molecule has 86 valence electrons. The van der Waals surface area contributed by atoms with Crippen LogP contribution in [0.5, 0.6) is 0 Å². The molecule has 5 heteroatoms. The smallest absolute Gasteiger partial charge is 0.225 e. The quantitative estimate of drug-likeness (QED) is 0.613. The van der Waals surface area contributed by atoms with Gasteiger partial charge >= 0.3 is 0 Å². The standard InChI is InChI=1S/C12H11N3O2/c1-8(13)17-11(14)9-3-2-4-10(7-9)12-15-5-6-16-12/h2-7,13-14H,1H3. The summed E-state index contributed by atoms with van der Waals surface area (Å²) in [4.78, 5) is 4.03. The molecule has 2 rings (SSSR count). The van der Waals surface area contributed by atoms with E-state index in [4.69, 9.17) is 20.0 Å². The van der Waals surface area contributed by atoms with Gasteiger partial charge in [0, 0.05) is 18.1 Å². The number of nitrogens with one attached hydrogen (secondary N) is 2. The highest BCUT2D eigenvalue weighted by molar-refractivity contribution is 5.99. The Bertz CT molecular complexity index is 547. The minimum absolute atomic E-state index is 0.0171. The zero-order chi connectivity index (χ0) is 12.3. The summed E-state index contributed by atoms with van der Waals surface area (Å²) in [5.74, 6) is 0.411. The van der Waals surface area contributed by atoms with E-state index < -0.39 is 0 Å². The molecule has 2 N–H and O–H groups in total. The largest absolute Gasteiger partial charge is 0.445 e.